The Morgan fingerprint density at radius 3 is 2.85 bits per heavy atom. The Bertz CT molecular complexity index is 441. The largest absolute Gasteiger partial charge is 0.384 e. The summed E-state index contributed by atoms with van der Waals surface area (Å²) in [5.41, 5.74) is 6.73. The number of hydrogen-bond donors (Lipinski definition) is 1. The predicted molar refractivity (Wildman–Crippen MR) is 77.3 cm³/mol. The standard InChI is InChI=1S/C14H23N5O/c1-11-8-13(15)17-14(16-11)10-18-3-2-12(9-18)19-4-6-20-7-5-19/h8,12H,2-7,9-10H2,1H3,(H2,15,16,17). The van der Waals surface area contributed by atoms with Crippen LogP contribution in [-0.2, 0) is 11.3 Å². The number of nitrogen functional groups attached to an aromatic ring is 1. The summed E-state index contributed by atoms with van der Waals surface area (Å²) in [5.74, 6) is 1.40. The van der Waals surface area contributed by atoms with E-state index in [0.29, 0.717) is 11.9 Å². The summed E-state index contributed by atoms with van der Waals surface area (Å²) >= 11 is 0. The molecule has 0 aromatic carbocycles. The predicted octanol–water partition coefficient (Wildman–Crippen LogP) is 0.274. The molecule has 1 aromatic heterocycles. The highest BCUT2D eigenvalue weighted by molar-refractivity contribution is 5.29. The van der Waals surface area contributed by atoms with Crippen LogP contribution in [0, 0.1) is 6.92 Å². The molecule has 0 spiro atoms. The molecule has 2 saturated heterocycles. The minimum absolute atomic E-state index is 0.566. The molecule has 2 aliphatic heterocycles. The summed E-state index contributed by atoms with van der Waals surface area (Å²) in [6, 6.07) is 2.46. The van der Waals surface area contributed by atoms with E-state index in [4.69, 9.17) is 10.5 Å². The molecule has 0 amide bonds. The monoisotopic (exact) mass is 277 g/mol. The van der Waals surface area contributed by atoms with Crippen molar-refractivity contribution >= 4 is 5.82 Å². The maximum absolute atomic E-state index is 5.79. The molecule has 20 heavy (non-hydrogen) atoms. The van der Waals surface area contributed by atoms with Crippen LogP contribution in [0.3, 0.4) is 0 Å². The van der Waals surface area contributed by atoms with Crippen LogP contribution in [-0.4, -0.2) is 65.2 Å². The van der Waals surface area contributed by atoms with Crippen molar-refractivity contribution in [3.8, 4) is 0 Å². The number of aryl methyl sites for hydroxylation is 1. The third kappa shape index (κ3) is 3.26. The summed E-state index contributed by atoms with van der Waals surface area (Å²) in [5, 5.41) is 0. The van der Waals surface area contributed by atoms with Gasteiger partial charge in [-0.15, -0.1) is 0 Å². The zero-order valence-corrected chi connectivity index (χ0v) is 12.1. The van der Waals surface area contributed by atoms with E-state index in [1.54, 1.807) is 0 Å². The highest BCUT2D eigenvalue weighted by atomic mass is 16.5. The second kappa shape index (κ2) is 6.03. The van der Waals surface area contributed by atoms with E-state index in [-0.39, 0.29) is 0 Å². The number of anilines is 1. The number of nitrogens with zero attached hydrogens (tertiary/aromatic N) is 4. The van der Waals surface area contributed by atoms with Crippen molar-refractivity contribution in [2.24, 2.45) is 0 Å². The number of rotatable bonds is 3. The van der Waals surface area contributed by atoms with Crippen molar-refractivity contribution < 1.29 is 4.74 Å². The minimum Gasteiger partial charge on any atom is -0.384 e. The van der Waals surface area contributed by atoms with Gasteiger partial charge < -0.3 is 10.5 Å². The van der Waals surface area contributed by atoms with Crippen LogP contribution >= 0.6 is 0 Å². The van der Waals surface area contributed by atoms with E-state index in [0.717, 1.165) is 57.5 Å². The number of ether oxygens (including phenoxy) is 1. The van der Waals surface area contributed by atoms with Crippen LogP contribution < -0.4 is 5.73 Å². The second-order valence-electron chi connectivity index (χ2n) is 5.68. The Morgan fingerprint density at radius 1 is 1.30 bits per heavy atom. The molecule has 2 N–H and O–H groups in total. The first-order valence-electron chi connectivity index (χ1n) is 7.35. The first kappa shape index (κ1) is 13.7. The smallest absolute Gasteiger partial charge is 0.144 e. The topological polar surface area (TPSA) is 67.5 Å². The molecular formula is C14H23N5O. The SMILES string of the molecule is Cc1cc(N)nc(CN2CCC(N3CCOCC3)C2)n1. The Labute approximate surface area is 119 Å². The molecular weight excluding hydrogens is 254 g/mol. The Morgan fingerprint density at radius 2 is 2.10 bits per heavy atom. The summed E-state index contributed by atoms with van der Waals surface area (Å²) in [6.07, 6.45) is 1.22. The van der Waals surface area contributed by atoms with Crippen molar-refractivity contribution in [2.45, 2.75) is 25.9 Å². The molecule has 0 bridgehead atoms. The normalized spacial score (nSPS) is 25.1. The maximum Gasteiger partial charge on any atom is 0.144 e. The fourth-order valence-corrected chi connectivity index (χ4v) is 3.12. The van der Waals surface area contributed by atoms with E-state index in [1.807, 2.05) is 13.0 Å². The number of likely N-dealkylation sites (tertiary alicyclic amines) is 1. The zero-order valence-electron chi connectivity index (χ0n) is 12.1. The lowest BCUT2D eigenvalue weighted by Crippen LogP contribution is -2.44. The van der Waals surface area contributed by atoms with Gasteiger partial charge in [0.05, 0.1) is 19.8 Å². The highest BCUT2D eigenvalue weighted by Gasteiger charge is 2.28. The van der Waals surface area contributed by atoms with Crippen molar-refractivity contribution in [1.82, 2.24) is 19.8 Å². The molecule has 1 unspecified atom stereocenters. The van der Waals surface area contributed by atoms with Gasteiger partial charge in [0.2, 0.25) is 0 Å². The molecule has 2 fully saturated rings. The van der Waals surface area contributed by atoms with Crippen LogP contribution in [0.5, 0.6) is 0 Å². The summed E-state index contributed by atoms with van der Waals surface area (Å²) in [4.78, 5) is 13.8. The van der Waals surface area contributed by atoms with E-state index in [9.17, 15) is 0 Å². The first-order valence-corrected chi connectivity index (χ1v) is 7.35. The summed E-state index contributed by atoms with van der Waals surface area (Å²) in [6.45, 7) is 8.83. The van der Waals surface area contributed by atoms with Gasteiger partial charge in [-0.1, -0.05) is 0 Å². The molecule has 0 aliphatic carbocycles. The van der Waals surface area contributed by atoms with E-state index < -0.39 is 0 Å². The lowest BCUT2D eigenvalue weighted by molar-refractivity contribution is 0.0183. The van der Waals surface area contributed by atoms with Gasteiger partial charge in [0, 0.05) is 44.0 Å². The number of aromatic nitrogens is 2. The molecule has 6 heteroatoms. The third-order valence-electron chi connectivity index (χ3n) is 4.09. The Balaban J connectivity index is 1.57. The highest BCUT2D eigenvalue weighted by Crippen LogP contribution is 2.18. The van der Waals surface area contributed by atoms with Crippen LogP contribution in [0.2, 0.25) is 0 Å². The molecule has 1 aromatic rings. The van der Waals surface area contributed by atoms with Crippen LogP contribution in [0.1, 0.15) is 17.9 Å². The quantitative estimate of drug-likeness (QED) is 0.855. The Kier molecular flexibility index (Phi) is 4.14. The van der Waals surface area contributed by atoms with Crippen LogP contribution in [0.25, 0.3) is 0 Å². The molecule has 110 valence electrons. The molecule has 3 rings (SSSR count). The fourth-order valence-electron chi connectivity index (χ4n) is 3.12. The third-order valence-corrected chi connectivity index (χ3v) is 4.09. The summed E-state index contributed by atoms with van der Waals surface area (Å²) < 4.78 is 5.42. The number of hydrogen-bond acceptors (Lipinski definition) is 6. The Hall–Kier alpha value is -1.24. The van der Waals surface area contributed by atoms with E-state index in [2.05, 4.69) is 19.8 Å². The minimum atomic E-state index is 0.566. The van der Waals surface area contributed by atoms with Gasteiger partial charge >= 0.3 is 0 Å². The molecule has 2 aliphatic rings. The average molecular weight is 277 g/mol. The average Bonchev–Trinajstić information content (AvgIpc) is 2.87. The van der Waals surface area contributed by atoms with Crippen LogP contribution in [0.4, 0.5) is 5.82 Å². The zero-order chi connectivity index (χ0) is 13.9. The summed E-state index contributed by atoms with van der Waals surface area (Å²) in [7, 11) is 0. The molecule has 6 nitrogen and oxygen atoms in total. The van der Waals surface area contributed by atoms with Gasteiger partial charge in [-0.05, 0) is 13.3 Å². The van der Waals surface area contributed by atoms with Crippen molar-refractivity contribution in [1.29, 1.82) is 0 Å². The maximum atomic E-state index is 5.79. The van der Waals surface area contributed by atoms with Gasteiger partial charge in [0.15, 0.2) is 0 Å². The van der Waals surface area contributed by atoms with Gasteiger partial charge in [0.25, 0.3) is 0 Å². The number of morpholine rings is 1. The molecule has 0 radical (unpaired) electrons. The second-order valence-corrected chi connectivity index (χ2v) is 5.68. The van der Waals surface area contributed by atoms with Crippen molar-refractivity contribution in [2.75, 3.05) is 45.1 Å². The van der Waals surface area contributed by atoms with Crippen molar-refractivity contribution in [3.63, 3.8) is 0 Å². The van der Waals surface area contributed by atoms with Gasteiger partial charge in [0.1, 0.15) is 11.6 Å². The molecule has 3 heterocycles. The fraction of sp³-hybridized carbons (Fsp3) is 0.714. The van der Waals surface area contributed by atoms with Gasteiger partial charge in [-0.2, -0.15) is 0 Å². The number of nitrogens with two attached hydrogens (primary N) is 1. The molecule has 0 saturated carbocycles. The van der Waals surface area contributed by atoms with E-state index >= 15 is 0 Å². The van der Waals surface area contributed by atoms with Gasteiger partial charge in [-0.3, -0.25) is 9.80 Å². The van der Waals surface area contributed by atoms with Crippen molar-refractivity contribution in [3.05, 3.63) is 17.6 Å². The molecule has 1 atom stereocenters. The van der Waals surface area contributed by atoms with Gasteiger partial charge in [-0.25, -0.2) is 9.97 Å². The first-order chi connectivity index (χ1) is 9.70. The lowest BCUT2D eigenvalue weighted by Gasteiger charge is -2.32. The lowest BCUT2D eigenvalue weighted by atomic mass is 10.2. The van der Waals surface area contributed by atoms with E-state index in [1.165, 1.54) is 6.42 Å². The van der Waals surface area contributed by atoms with Crippen LogP contribution in [0.15, 0.2) is 6.07 Å².